The van der Waals surface area contributed by atoms with E-state index in [1.165, 1.54) is 6.07 Å². The number of para-hydroxylation sites is 1. The minimum absolute atomic E-state index is 0.0620. The van der Waals surface area contributed by atoms with Crippen LogP contribution in [0.4, 0.5) is 14.9 Å². The molecule has 0 radical (unpaired) electrons. The molecule has 1 unspecified atom stereocenters. The fraction of sp³-hybridized carbons (Fsp3) is 0.278. The molecule has 0 spiro atoms. The molecule has 3 nitrogen and oxygen atoms in total. The van der Waals surface area contributed by atoms with Gasteiger partial charge in [-0.05, 0) is 31.0 Å². The molecule has 0 fully saturated rings. The van der Waals surface area contributed by atoms with Gasteiger partial charge in [0.2, 0.25) is 0 Å². The smallest absolute Gasteiger partial charge is 0.318 e. The van der Waals surface area contributed by atoms with Crippen LogP contribution in [0.5, 0.6) is 0 Å². The van der Waals surface area contributed by atoms with Crippen LogP contribution >= 0.6 is 0 Å². The number of nitrogens with one attached hydrogen (secondary N) is 1. The highest BCUT2D eigenvalue weighted by atomic mass is 19.1. The normalized spacial score (nSPS) is 11.8. The maximum Gasteiger partial charge on any atom is 0.322 e. The second-order valence-electron chi connectivity index (χ2n) is 5.28. The van der Waals surface area contributed by atoms with Gasteiger partial charge in [-0.2, -0.15) is 0 Å². The van der Waals surface area contributed by atoms with Crippen LogP contribution in [0, 0.1) is 5.82 Å². The molecular formula is C18H21FN2O. The van der Waals surface area contributed by atoms with E-state index < -0.39 is 5.82 Å². The van der Waals surface area contributed by atoms with Gasteiger partial charge in [-0.25, -0.2) is 9.18 Å². The van der Waals surface area contributed by atoms with Gasteiger partial charge in [0.15, 0.2) is 0 Å². The predicted octanol–water partition coefficient (Wildman–Crippen LogP) is 4.66. The first-order valence-electron chi connectivity index (χ1n) is 7.48. The molecule has 0 saturated heterocycles. The molecule has 0 aromatic heterocycles. The van der Waals surface area contributed by atoms with Crippen LogP contribution in [0.3, 0.4) is 0 Å². The largest absolute Gasteiger partial charge is 0.322 e. The Bertz CT molecular complexity index is 615. The third-order valence-electron chi connectivity index (χ3n) is 3.69. The van der Waals surface area contributed by atoms with Crippen molar-refractivity contribution in [2.45, 2.75) is 32.9 Å². The number of rotatable bonds is 5. The summed E-state index contributed by atoms with van der Waals surface area (Å²) in [5, 5.41) is 2.66. The van der Waals surface area contributed by atoms with Crippen molar-refractivity contribution in [3.63, 3.8) is 0 Å². The van der Waals surface area contributed by atoms with Gasteiger partial charge in [-0.3, -0.25) is 0 Å². The van der Waals surface area contributed by atoms with Crippen molar-refractivity contribution in [3.8, 4) is 0 Å². The summed E-state index contributed by atoms with van der Waals surface area (Å²) >= 11 is 0. The van der Waals surface area contributed by atoms with E-state index in [2.05, 4.69) is 5.32 Å². The Morgan fingerprint density at radius 1 is 1.14 bits per heavy atom. The van der Waals surface area contributed by atoms with E-state index in [1.807, 2.05) is 44.2 Å². The summed E-state index contributed by atoms with van der Waals surface area (Å²) in [5.74, 6) is -0.431. The van der Waals surface area contributed by atoms with Gasteiger partial charge in [0.25, 0.3) is 0 Å². The lowest BCUT2D eigenvalue weighted by Gasteiger charge is -2.29. The van der Waals surface area contributed by atoms with Crippen molar-refractivity contribution in [1.82, 2.24) is 4.90 Å². The Morgan fingerprint density at radius 2 is 1.77 bits per heavy atom. The fourth-order valence-corrected chi connectivity index (χ4v) is 2.18. The number of hydrogen-bond donors (Lipinski definition) is 1. The predicted molar refractivity (Wildman–Crippen MR) is 87.2 cm³/mol. The average Bonchev–Trinajstić information content (AvgIpc) is 2.55. The van der Waals surface area contributed by atoms with Gasteiger partial charge in [0.1, 0.15) is 5.82 Å². The van der Waals surface area contributed by atoms with Gasteiger partial charge in [0.05, 0.1) is 5.69 Å². The van der Waals surface area contributed by atoms with E-state index in [1.54, 1.807) is 23.1 Å². The Kier molecular flexibility index (Phi) is 5.53. The zero-order chi connectivity index (χ0) is 15.9. The lowest BCUT2D eigenvalue weighted by Crippen LogP contribution is -2.40. The summed E-state index contributed by atoms with van der Waals surface area (Å²) in [6, 6.07) is 15.7. The molecule has 1 atom stereocenters. The Balaban J connectivity index is 2.15. The molecule has 0 heterocycles. The molecule has 1 N–H and O–H groups in total. The molecule has 2 aromatic carbocycles. The van der Waals surface area contributed by atoms with E-state index in [0.29, 0.717) is 6.54 Å². The van der Waals surface area contributed by atoms with Crippen LogP contribution in [-0.4, -0.2) is 17.0 Å². The molecule has 0 aliphatic carbocycles. The summed E-state index contributed by atoms with van der Waals surface area (Å²) in [5.41, 5.74) is 1.25. The second kappa shape index (κ2) is 7.59. The molecule has 22 heavy (non-hydrogen) atoms. The molecule has 0 aliphatic heterocycles. The van der Waals surface area contributed by atoms with Crippen LogP contribution < -0.4 is 5.32 Å². The number of urea groups is 1. The zero-order valence-electron chi connectivity index (χ0n) is 12.9. The monoisotopic (exact) mass is 300 g/mol. The van der Waals surface area contributed by atoms with E-state index >= 15 is 0 Å². The molecule has 2 amide bonds. The molecule has 0 bridgehead atoms. The maximum atomic E-state index is 13.7. The van der Waals surface area contributed by atoms with Crippen molar-refractivity contribution in [1.29, 1.82) is 0 Å². The Labute approximate surface area is 130 Å². The Hall–Kier alpha value is -2.36. The summed E-state index contributed by atoms with van der Waals surface area (Å²) < 4.78 is 13.7. The standard InChI is InChI=1S/C18H21FN2O/c1-3-14(2)21(13-15-9-5-4-6-10-15)18(22)20-17-12-8-7-11-16(17)19/h4-12,14H,3,13H2,1-2H3,(H,20,22). The first-order valence-corrected chi connectivity index (χ1v) is 7.48. The van der Waals surface area contributed by atoms with E-state index in [-0.39, 0.29) is 17.8 Å². The number of nitrogens with zero attached hydrogens (tertiary/aromatic N) is 1. The third-order valence-corrected chi connectivity index (χ3v) is 3.69. The molecule has 0 aliphatic rings. The van der Waals surface area contributed by atoms with Gasteiger partial charge in [-0.15, -0.1) is 0 Å². The highest BCUT2D eigenvalue weighted by Gasteiger charge is 2.20. The number of carbonyl (C=O) groups excluding carboxylic acids is 1. The molecule has 2 rings (SSSR count). The van der Waals surface area contributed by atoms with Gasteiger partial charge in [-0.1, -0.05) is 49.4 Å². The van der Waals surface area contributed by atoms with Crippen molar-refractivity contribution < 1.29 is 9.18 Å². The molecule has 116 valence electrons. The van der Waals surface area contributed by atoms with E-state index in [9.17, 15) is 9.18 Å². The van der Waals surface area contributed by atoms with E-state index in [4.69, 9.17) is 0 Å². The highest BCUT2D eigenvalue weighted by Crippen LogP contribution is 2.16. The molecule has 4 heteroatoms. The number of anilines is 1. The average molecular weight is 300 g/mol. The van der Waals surface area contributed by atoms with Crippen LogP contribution in [0.15, 0.2) is 54.6 Å². The Morgan fingerprint density at radius 3 is 2.41 bits per heavy atom. The zero-order valence-corrected chi connectivity index (χ0v) is 12.9. The number of carbonyl (C=O) groups is 1. The first kappa shape index (κ1) is 16.0. The quantitative estimate of drug-likeness (QED) is 0.856. The third kappa shape index (κ3) is 4.07. The summed E-state index contributed by atoms with van der Waals surface area (Å²) in [6.45, 7) is 4.51. The van der Waals surface area contributed by atoms with Crippen LogP contribution in [0.25, 0.3) is 0 Å². The lowest BCUT2D eigenvalue weighted by atomic mass is 10.1. The highest BCUT2D eigenvalue weighted by molar-refractivity contribution is 5.89. The number of benzene rings is 2. The summed E-state index contributed by atoms with van der Waals surface area (Å²) in [7, 11) is 0. The minimum Gasteiger partial charge on any atom is -0.318 e. The summed E-state index contributed by atoms with van der Waals surface area (Å²) in [4.78, 5) is 14.2. The van der Waals surface area contributed by atoms with Gasteiger partial charge < -0.3 is 10.2 Å². The molecule has 0 saturated carbocycles. The second-order valence-corrected chi connectivity index (χ2v) is 5.28. The lowest BCUT2D eigenvalue weighted by molar-refractivity contribution is 0.187. The fourth-order valence-electron chi connectivity index (χ4n) is 2.18. The minimum atomic E-state index is -0.431. The number of halogens is 1. The molecular weight excluding hydrogens is 279 g/mol. The van der Waals surface area contributed by atoms with Crippen molar-refractivity contribution in [3.05, 3.63) is 66.0 Å². The first-order chi connectivity index (χ1) is 10.6. The van der Waals surface area contributed by atoms with Crippen LogP contribution in [-0.2, 0) is 6.54 Å². The SMILES string of the molecule is CCC(C)N(Cc1ccccc1)C(=O)Nc1ccccc1F. The van der Waals surface area contributed by atoms with E-state index in [0.717, 1.165) is 12.0 Å². The van der Waals surface area contributed by atoms with Crippen LogP contribution in [0.2, 0.25) is 0 Å². The van der Waals surface area contributed by atoms with Crippen molar-refractivity contribution in [2.24, 2.45) is 0 Å². The van der Waals surface area contributed by atoms with Crippen molar-refractivity contribution in [2.75, 3.05) is 5.32 Å². The van der Waals surface area contributed by atoms with Gasteiger partial charge in [0, 0.05) is 12.6 Å². The number of amides is 2. The number of hydrogen-bond acceptors (Lipinski definition) is 1. The van der Waals surface area contributed by atoms with Crippen LogP contribution in [0.1, 0.15) is 25.8 Å². The topological polar surface area (TPSA) is 32.3 Å². The molecule has 2 aromatic rings. The maximum absolute atomic E-state index is 13.7. The van der Waals surface area contributed by atoms with Crippen molar-refractivity contribution >= 4 is 11.7 Å². The summed E-state index contributed by atoms with van der Waals surface area (Å²) in [6.07, 6.45) is 0.831. The van der Waals surface area contributed by atoms with Gasteiger partial charge >= 0.3 is 6.03 Å².